The van der Waals surface area contributed by atoms with E-state index >= 15 is 0 Å². The molecule has 0 radical (unpaired) electrons. The van der Waals surface area contributed by atoms with E-state index < -0.39 is 29.2 Å². The number of rotatable bonds is 3. The zero-order valence-corrected chi connectivity index (χ0v) is 14.9. The molecule has 1 aliphatic carbocycles. The molecule has 2 aliphatic heterocycles. The van der Waals surface area contributed by atoms with Crippen LogP contribution in [0.2, 0.25) is 0 Å². The van der Waals surface area contributed by atoms with Crippen molar-refractivity contribution in [2.75, 3.05) is 0 Å². The molecule has 2 heterocycles. The molecule has 0 N–H and O–H groups in total. The minimum atomic E-state index is -1.29. The highest BCUT2D eigenvalue weighted by molar-refractivity contribution is 5.91. The van der Waals surface area contributed by atoms with Gasteiger partial charge < -0.3 is 14.2 Å². The van der Waals surface area contributed by atoms with Crippen LogP contribution in [0.1, 0.15) is 46.5 Å². The highest BCUT2D eigenvalue weighted by Gasteiger charge is 2.68. The molecule has 3 aliphatic rings. The van der Waals surface area contributed by atoms with Gasteiger partial charge in [-0.1, -0.05) is 20.4 Å². The summed E-state index contributed by atoms with van der Waals surface area (Å²) >= 11 is 0. The van der Waals surface area contributed by atoms with Crippen LogP contribution < -0.4 is 0 Å². The van der Waals surface area contributed by atoms with Crippen LogP contribution in [-0.4, -0.2) is 35.2 Å². The zero-order valence-electron chi connectivity index (χ0n) is 14.9. The smallest absolute Gasteiger partial charge is 0.334 e. The van der Waals surface area contributed by atoms with Gasteiger partial charge >= 0.3 is 17.9 Å². The van der Waals surface area contributed by atoms with E-state index in [1.54, 1.807) is 13.0 Å². The van der Waals surface area contributed by atoms with Gasteiger partial charge in [0.2, 0.25) is 0 Å². The van der Waals surface area contributed by atoms with Gasteiger partial charge in [0.1, 0.15) is 0 Å². The highest BCUT2D eigenvalue weighted by Crippen LogP contribution is 2.53. The number of hydrogen-bond acceptors (Lipinski definition) is 6. The minimum absolute atomic E-state index is 0.111. The Kier molecular flexibility index (Phi) is 4.25. The topological polar surface area (TPSA) is 78.9 Å². The third-order valence-electron chi connectivity index (χ3n) is 5.79. The summed E-state index contributed by atoms with van der Waals surface area (Å²) in [6, 6.07) is 0. The number of carbonyl (C=O) groups excluding carboxylic acids is 3. The van der Waals surface area contributed by atoms with E-state index in [0.29, 0.717) is 24.8 Å². The third-order valence-corrected chi connectivity index (χ3v) is 5.79. The summed E-state index contributed by atoms with van der Waals surface area (Å²) in [6.07, 6.45) is 4.46. The van der Waals surface area contributed by atoms with E-state index in [1.807, 2.05) is 13.8 Å². The Bertz CT molecular complexity index is 665. The van der Waals surface area contributed by atoms with E-state index in [1.165, 1.54) is 6.08 Å². The SMILES string of the molecule is C=C1C(=O)O[C@@H]2[C@H]1CC[C@H](C)[C@]1(OC(=O)CCC)C=CC(=O)O[C@@]21C. The first-order chi connectivity index (χ1) is 11.7. The lowest BCUT2D eigenvalue weighted by molar-refractivity contribution is -0.234. The highest BCUT2D eigenvalue weighted by atomic mass is 16.6. The van der Waals surface area contributed by atoms with Crippen LogP contribution in [0.15, 0.2) is 24.3 Å². The lowest BCUT2D eigenvalue weighted by Crippen LogP contribution is -2.66. The van der Waals surface area contributed by atoms with Crippen LogP contribution >= 0.6 is 0 Å². The normalized spacial score (nSPS) is 39.8. The van der Waals surface area contributed by atoms with Gasteiger partial charge in [-0.3, -0.25) is 4.79 Å². The maximum Gasteiger partial charge on any atom is 0.334 e. The predicted molar refractivity (Wildman–Crippen MR) is 88.3 cm³/mol. The molecule has 0 unspecified atom stereocenters. The fourth-order valence-electron chi connectivity index (χ4n) is 4.37. The zero-order chi connectivity index (χ0) is 18.4. The fraction of sp³-hybridized carbons (Fsp3) is 0.632. The molecule has 0 aromatic rings. The molecule has 1 saturated carbocycles. The Labute approximate surface area is 147 Å². The average molecular weight is 348 g/mol. The van der Waals surface area contributed by atoms with E-state index in [0.717, 1.165) is 0 Å². The molecule has 0 aromatic heterocycles. The predicted octanol–water partition coefficient (Wildman–Crippen LogP) is 2.47. The summed E-state index contributed by atoms with van der Waals surface area (Å²) in [5.74, 6) is -1.74. The molecule has 2 fully saturated rings. The molecule has 0 aromatic carbocycles. The van der Waals surface area contributed by atoms with Crippen molar-refractivity contribution >= 4 is 17.9 Å². The summed E-state index contributed by atoms with van der Waals surface area (Å²) in [4.78, 5) is 36.4. The third kappa shape index (κ3) is 2.50. The van der Waals surface area contributed by atoms with Gasteiger partial charge in [0.25, 0.3) is 0 Å². The summed E-state index contributed by atoms with van der Waals surface area (Å²) in [5, 5.41) is 0. The van der Waals surface area contributed by atoms with Crippen LogP contribution in [0.4, 0.5) is 0 Å². The number of fused-ring (bicyclic) bond motifs is 3. The van der Waals surface area contributed by atoms with Crippen molar-refractivity contribution in [3.63, 3.8) is 0 Å². The lowest BCUT2D eigenvalue weighted by Gasteiger charge is -2.50. The summed E-state index contributed by atoms with van der Waals surface area (Å²) < 4.78 is 17.2. The van der Waals surface area contributed by atoms with Gasteiger partial charge in [-0.05, 0) is 32.3 Å². The summed E-state index contributed by atoms with van der Waals surface area (Å²) in [5.41, 5.74) is -2.07. The van der Waals surface area contributed by atoms with Crippen molar-refractivity contribution in [3.05, 3.63) is 24.3 Å². The van der Waals surface area contributed by atoms with Crippen molar-refractivity contribution in [1.29, 1.82) is 0 Å². The van der Waals surface area contributed by atoms with Gasteiger partial charge in [-0.25, -0.2) is 9.59 Å². The quantitative estimate of drug-likeness (QED) is 0.443. The average Bonchev–Trinajstić information content (AvgIpc) is 2.79. The monoisotopic (exact) mass is 348 g/mol. The Balaban J connectivity index is 2.11. The number of hydrogen-bond donors (Lipinski definition) is 0. The largest absolute Gasteiger partial charge is 0.454 e. The fourth-order valence-corrected chi connectivity index (χ4v) is 4.37. The van der Waals surface area contributed by atoms with Crippen LogP contribution in [0.3, 0.4) is 0 Å². The molecular weight excluding hydrogens is 324 g/mol. The standard InChI is InChI=1S/C19H24O6/c1-5-6-14(20)25-19-10-9-15(21)24-18(19,4)16-13(8-7-11(19)2)12(3)17(22)23-16/h9-11,13,16H,3,5-8H2,1-2,4H3/t11-,13-,16+,18-,19+/m0/s1. The number of carbonyl (C=O) groups is 3. The molecule has 0 spiro atoms. The van der Waals surface area contributed by atoms with E-state index in [4.69, 9.17) is 14.2 Å². The molecule has 1 saturated heterocycles. The molecule has 5 atom stereocenters. The molecule has 0 amide bonds. The molecule has 6 nitrogen and oxygen atoms in total. The first kappa shape index (κ1) is 17.7. The second kappa shape index (κ2) is 6.00. The van der Waals surface area contributed by atoms with Gasteiger partial charge in [0, 0.05) is 29.9 Å². The van der Waals surface area contributed by atoms with E-state index in [2.05, 4.69) is 6.58 Å². The van der Waals surface area contributed by atoms with Crippen LogP contribution in [-0.2, 0) is 28.6 Å². The van der Waals surface area contributed by atoms with Crippen molar-refractivity contribution in [1.82, 2.24) is 0 Å². The first-order valence-corrected chi connectivity index (χ1v) is 8.79. The summed E-state index contributed by atoms with van der Waals surface area (Å²) in [7, 11) is 0. The Morgan fingerprint density at radius 3 is 2.80 bits per heavy atom. The number of ether oxygens (including phenoxy) is 3. The van der Waals surface area contributed by atoms with Gasteiger partial charge in [0.15, 0.2) is 17.3 Å². The van der Waals surface area contributed by atoms with Crippen LogP contribution in [0.5, 0.6) is 0 Å². The Morgan fingerprint density at radius 1 is 1.40 bits per heavy atom. The van der Waals surface area contributed by atoms with E-state index in [-0.39, 0.29) is 24.2 Å². The maximum absolute atomic E-state index is 12.3. The molecule has 3 rings (SSSR count). The summed E-state index contributed by atoms with van der Waals surface area (Å²) in [6.45, 7) is 9.40. The van der Waals surface area contributed by atoms with Gasteiger partial charge in [0.05, 0.1) is 0 Å². The molecule has 136 valence electrons. The first-order valence-electron chi connectivity index (χ1n) is 8.79. The van der Waals surface area contributed by atoms with Gasteiger partial charge in [-0.15, -0.1) is 0 Å². The Morgan fingerprint density at radius 2 is 2.12 bits per heavy atom. The van der Waals surface area contributed by atoms with Crippen LogP contribution in [0.25, 0.3) is 0 Å². The minimum Gasteiger partial charge on any atom is -0.454 e. The van der Waals surface area contributed by atoms with Crippen molar-refractivity contribution in [2.24, 2.45) is 11.8 Å². The molecule has 25 heavy (non-hydrogen) atoms. The molecule has 6 heteroatoms. The molecular formula is C19H24O6. The maximum atomic E-state index is 12.3. The number of esters is 3. The second-order valence-electron chi connectivity index (χ2n) is 7.31. The second-order valence-corrected chi connectivity index (χ2v) is 7.31. The van der Waals surface area contributed by atoms with Crippen molar-refractivity contribution in [2.45, 2.75) is 63.8 Å². The van der Waals surface area contributed by atoms with Crippen molar-refractivity contribution in [3.8, 4) is 0 Å². The van der Waals surface area contributed by atoms with E-state index in [9.17, 15) is 14.4 Å². The van der Waals surface area contributed by atoms with Crippen molar-refractivity contribution < 1.29 is 28.6 Å². The lowest BCUT2D eigenvalue weighted by atomic mass is 9.70. The Hall–Kier alpha value is -2.11. The van der Waals surface area contributed by atoms with Crippen LogP contribution in [0, 0.1) is 11.8 Å². The molecule has 0 bridgehead atoms. The van der Waals surface area contributed by atoms with Gasteiger partial charge in [-0.2, -0.15) is 0 Å².